The Morgan fingerprint density at radius 2 is 1.96 bits per heavy atom. The van der Waals surface area contributed by atoms with Crippen LogP contribution in [0.4, 0.5) is 5.82 Å². The first kappa shape index (κ1) is 16.3. The molecule has 1 saturated heterocycles. The highest BCUT2D eigenvalue weighted by Gasteiger charge is 2.14. The minimum atomic E-state index is 0.333. The van der Waals surface area contributed by atoms with Gasteiger partial charge in [-0.3, -0.25) is 4.98 Å². The molecule has 0 radical (unpaired) electrons. The lowest BCUT2D eigenvalue weighted by Crippen LogP contribution is -2.43. The Morgan fingerprint density at radius 1 is 1.12 bits per heavy atom. The number of aromatic nitrogens is 2. The van der Waals surface area contributed by atoms with Crippen molar-refractivity contribution in [3.05, 3.63) is 36.2 Å². The van der Waals surface area contributed by atoms with Gasteiger partial charge in [0.25, 0.3) is 0 Å². The quantitative estimate of drug-likeness (QED) is 0.860. The number of methoxy groups -OCH3 is 2. The molecule has 0 atom stereocenters. The van der Waals surface area contributed by atoms with Gasteiger partial charge in [0.05, 0.1) is 26.6 Å². The van der Waals surface area contributed by atoms with Gasteiger partial charge >= 0.3 is 0 Å². The number of anilines is 1. The van der Waals surface area contributed by atoms with Crippen molar-refractivity contribution in [2.75, 3.05) is 45.3 Å². The number of nitrogens with zero attached hydrogens (tertiary/aromatic N) is 3. The molecule has 2 heterocycles. The summed E-state index contributed by atoms with van der Waals surface area (Å²) in [6.45, 7) is 4.07. The maximum absolute atomic E-state index is 5.81. The third kappa shape index (κ3) is 3.68. The molecule has 0 amide bonds. The maximum atomic E-state index is 5.81. The van der Waals surface area contributed by atoms with Crippen LogP contribution in [-0.2, 0) is 6.61 Å². The summed E-state index contributed by atoms with van der Waals surface area (Å²) in [5.74, 6) is 2.69. The molecule has 0 spiro atoms. The highest BCUT2D eigenvalue weighted by atomic mass is 16.5. The van der Waals surface area contributed by atoms with Crippen molar-refractivity contribution in [3.8, 4) is 17.4 Å². The Balaban J connectivity index is 1.71. The number of nitrogens with one attached hydrogen (secondary N) is 1. The summed E-state index contributed by atoms with van der Waals surface area (Å²) in [6, 6.07) is 5.70. The molecule has 1 fully saturated rings. The van der Waals surface area contributed by atoms with Crippen molar-refractivity contribution in [2.24, 2.45) is 0 Å². The molecule has 3 rings (SSSR count). The van der Waals surface area contributed by atoms with Crippen molar-refractivity contribution in [3.63, 3.8) is 0 Å². The minimum absolute atomic E-state index is 0.333. The second kappa shape index (κ2) is 7.83. The van der Waals surface area contributed by atoms with Crippen LogP contribution in [0.1, 0.15) is 5.56 Å². The monoisotopic (exact) mass is 330 g/mol. The van der Waals surface area contributed by atoms with Crippen molar-refractivity contribution >= 4 is 5.82 Å². The number of ether oxygens (including phenoxy) is 3. The fourth-order valence-corrected chi connectivity index (χ4v) is 2.67. The maximum Gasteiger partial charge on any atom is 0.234 e. The molecule has 1 aliphatic heterocycles. The highest BCUT2D eigenvalue weighted by Crippen LogP contribution is 2.31. The molecule has 0 bridgehead atoms. The molecular formula is C17H22N4O3. The van der Waals surface area contributed by atoms with Gasteiger partial charge in [-0.05, 0) is 6.07 Å². The molecule has 7 nitrogen and oxygen atoms in total. The van der Waals surface area contributed by atoms with Crippen molar-refractivity contribution < 1.29 is 14.2 Å². The topological polar surface area (TPSA) is 68.7 Å². The van der Waals surface area contributed by atoms with E-state index >= 15 is 0 Å². The summed E-state index contributed by atoms with van der Waals surface area (Å²) < 4.78 is 16.5. The fraction of sp³-hybridized carbons (Fsp3) is 0.412. The van der Waals surface area contributed by atoms with Crippen molar-refractivity contribution in [1.82, 2.24) is 15.3 Å². The van der Waals surface area contributed by atoms with Crippen LogP contribution in [-0.4, -0.2) is 50.4 Å². The zero-order valence-corrected chi connectivity index (χ0v) is 14.0. The molecule has 0 saturated carbocycles. The summed E-state index contributed by atoms with van der Waals surface area (Å²) >= 11 is 0. The standard InChI is InChI=1S/C17H22N4O3/c1-22-14-5-3-4-13(17(14)23-2)12-24-16-11-19-10-15(20-16)21-8-6-18-7-9-21/h3-5,10-11,18H,6-9,12H2,1-2H3. The molecular weight excluding hydrogens is 308 g/mol. The molecule has 128 valence electrons. The lowest BCUT2D eigenvalue weighted by Gasteiger charge is -2.28. The van der Waals surface area contributed by atoms with Gasteiger partial charge in [0.2, 0.25) is 5.88 Å². The third-order valence-corrected chi connectivity index (χ3v) is 3.90. The Hall–Kier alpha value is -2.54. The van der Waals surface area contributed by atoms with Gasteiger partial charge in [-0.15, -0.1) is 0 Å². The molecule has 1 aromatic heterocycles. The smallest absolute Gasteiger partial charge is 0.234 e. The predicted octanol–water partition coefficient (Wildman–Crippen LogP) is 1.48. The van der Waals surface area contributed by atoms with Crippen LogP contribution in [0.25, 0.3) is 0 Å². The Kier molecular flexibility index (Phi) is 5.32. The molecule has 2 aromatic rings. The molecule has 0 aliphatic carbocycles. The molecule has 24 heavy (non-hydrogen) atoms. The predicted molar refractivity (Wildman–Crippen MR) is 91.0 cm³/mol. The van der Waals surface area contributed by atoms with Crippen molar-refractivity contribution in [2.45, 2.75) is 6.61 Å². The van der Waals surface area contributed by atoms with Crippen molar-refractivity contribution in [1.29, 1.82) is 0 Å². The average Bonchev–Trinajstić information content (AvgIpc) is 2.66. The van der Waals surface area contributed by atoms with Crippen LogP contribution < -0.4 is 24.4 Å². The van der Waals surface area contributed by atoms with Gasteiger partial charge in [-0.1, -0.05) is 12.1 Å². The number of hydrogen-bond donors (Lipinski definition) is 1. The van der Waals surface area contributed by atoms with Crippen LogP contribution in [0, 0.1) is 0 Å². The SMILES string of the molecule is COc1cccc(COc2cncc(N3CCNCC3)n2)c1OC. The van der Waals surface area contributed by atoms with Gasteiger partial charge < -0.3 is 24.4 Å². The second-order valence-corrected chi connectivity index (χ2v) is 5.39. The average molecular weight is 330 g/mol. The third-order valence-electron chi connectivity index (χ3n) is 3.90. The largest absolute Gasteiger partial charge is 0.493 e. The Bertz CT molecular complexity index is 675. The van der Waals surface area contributed by atoms with E-state index in [-0.39, 0.29) is 0 Å². The number of benzene rings is 1. The summed E-state index contributed by atoms with van der Waals surface area (Å²) in [5, 5.41) is 3.32. The van der Waals surface area contributed by atoms with E-state index in [4.69, 9.17) is 14.2 Å². The van der Waals surface area contributed by atoms with E-state index in [0.29, 0.717) is 24.0 Å². The fourth-order valence-electron chi connectivity index (χ4n) is 2.67. The second-order valence-electron chi connectivity index (χ2n) is 5.39. The van der Waals surface area contributed by atoms with Gasteiger partial charge in [-0.2, -0.15) is 4.98 Å². The summed E-state index contributed by atoms with van der Waals surface area (Å²) in [6.07, 6.45) is 3.39. The van der Waals surface area contributed by atoms with Gasteiger partial charge in [0.15, 0.2) is 17.3 Å². The Morgan fingerprint density at radius 3 is 2.71 bits per heavy atom. The number of hydrogen-bond acceptors (Lipinski definition) is 7. The first-order valence-corrected chi connectivity index (χ1v) is 7.92. The van der Waals surface area contributed by atoms with Gasteiger partial charge in [0, 0.05) is 31.7 Å². The lowest BCUT2D eigenvalue weighted by molar-refractivity contribution is 0.280. The van der Waals surface area contributed by atoms with Crippen LogP contribution in [0.3, 0.4) is 0 Å². The van der Waals surface area contributed by atoms with E-state index in [1.54, 1.807) is 26.6 Å². The van der Waals surface area contributed by atoms with Crippen LogP contribution >= 0.6 is 0 Å². The van der Waals surface area contributed by atoms with Crippen LogP contribution in [0.2, 0.25) is 0 Å². The minimum Gasteiger partial charge on any atom is -0.493 e. The molecule has 1 N–H and O–H groups in total. The molecule has 0 unspecified atom stereocenters. The molecule has 1 aromatic carbocycles. The van der Waals surface area contributed by atoms with Crippen LogP contribution in [0.15, 0.2) is 30.6 Å². The first-order valence-electron chi connectivity index (χ1n) is 7.92. The molecule has 7 heteroatoms. The van der Waals surface area contributed by atoms with E-state index < -0.39 is 0 Å². The van der Waals surface area contributed by atoms with E-state index in [1.807, 2.05) is 18.2 Å². The normalized spacial score (nSPS) is 14.3. The number of para-hydroxylation sites is 1. The number of rotatable bonds is 6. The molecule has 1 aliphatic rings. The van der Waals surface area contributed by atoms with E-state index in [2.05, 4.69) is 20.2 Å². The number of piperazine rings is 1. The van der Waals surface area contributed by atoms with Crippen LogP contribution in [0.5, 0.6) is 17.4 Å². The van der Waals surface area contributed by atoms with Gasteiger partial charge in [0.1, 0.15) is 6.61 Å². The zero-order chi connectivity index (χ0) is 16.8. The van der Waals surface area contributed by atoms with E-state index in [9.17, 15) is 0 Å². The summed E-state index contributed by atoms with van der Waals surface area (Å²) in [7, 11) is 3.23. The highest BCUT2D eigenvalue weighted by molar-refractivity contribution is 5.46. The first-order chi connectivity index (χ1) is 11.8. The van der Waals surface area contributed by atoms with E-state index in [0.717, 1.165) is 37.6 Å². The van der Waals surface area contributed by atoms with Gasteiger partial charge in [-0.25, -0.2) is 0 Å². The lowest BCUT2D eigenvalue weighted by atomic mass is 10.2. The van der Waals surface area contributed by atoms with E-state index in [1.165, 1.54) is 0 Å². The zero-order valence-electron chi connectivity index (χ0n) is 14.0. The summed E-state index contributed by atoms with van der Waals surface area (Å²) in [5.41, 5.74) is 0.895. The Labute approximate surface area is 141 Å². The summed E-state index contributed by atoms with van der Waals surface area (Å²) in [4.78, 5) is 11.0.